The maximum Gasteiger partial charge on any atom is 0.288 e. The summed E-state index contributed by atoms with van der Waals surface area (Å²) < 4.78 is 0. The summed E-state index contributed by atoms with van der Waals surface area (Å²) in [7, 11) is 0. The van der Waals surface area contributed by atoms with E-state index in [1.54, 1.807) is 6.07 Å². The van der Waals surface area contributed by atoms with Gasteiger partial charge in [0.1, 0.15) is 11.6 Å². The van der Waals surface area contributed by atoms with Crippen molar-refractivity contribution in [1.82, 2.24) is 0 Å². The fourth-order valence-electron chi connectivity index (χ4n) is 1.64. The number of nitro groups is 1. The molecule has 0 aliphatic rings. The number of nitriles is 1. The van der Waals surface area contributed by atoms with E-state index in [0.29, 0.717) is 0 Å². The molecule has 0 heterocycles. The third kappa shape index (κ3) is 3.12. The summed E-state index contributed by atoms with van der Waals surface area (Å²) in [5.74, 6) is 0. The summed E-state index contributed by atoms with van der Waals surface area (Å²) in [4.78, 5) is 12.1. The van der Waals surface area contributed by atoms with Gasteiger partial charge in [0.15, 0.2) is 0 Å². The molecule has 0 aliphatic carbocycles. The fourth-order valence-corrected chi connectivity index (χ4v) is 2.61. The lowest BCUT2D eigenvalue weighted by atomic mass is 10.2. The van der Waals surface area contributed by atoms with Gasteiger partial charge in [-0.05, 0) is 31.2 Å². The monoisotopic (exact) mass is 270 g/mol. The van der Waals surface area contributed by atoms with E-state index >= 15 is 0 Å². The number of hydrogen-bond acceptors (Lipinski definition) is 4. The first kappa shape index (κ1) is 13.1. The number of nitrogens with zero attached hydrogens (tertiary/aromatic N) is 2. The predicted molar refractivity (Wildman–Crippen MR) is 73.1 cm³/mol. The zero-order chi connectivity index (χ0) is 13.8. The first-order valence-electron chi connectivity index (χ1n) is 5.53. The molecule has 2 rings (SSSR count). The third-order valence-electron chi connectivity index (χ3n) is 2.51. The molecule has 0 atom stereocenters. The lowest BCUT2D eigenvalue weighted by Gasteiger charge is -2.03. The maximum absolute atomic E-state index is 10.9. The largest absolute Gasteiger partial charge is 0.288 e. The molecule has 2 aromatic carbocycles. The zero-order valence-electron chi connectivity index (χ0n) is 10.2. The van der Waals surface area contributed by atoms with Gasteiger partial charge < -0.3 is 0 Å². The summed E-state index contributed by atoms with van der Waals surface area (Å²) in [6, 6.07) is 14.4. The highest BCUT2D eigenvalue weighted by Crippen LogP contribution is 2.31. The molecular weight excluding hydrogens is 260 g/mol. The van der Waals surface area contributed by atoms with E-state index in [-0.39, 0.29) is 11.3 Å². The van der Waals surface area contributed by atoms with Crippen LogP contribution in [0.1, 0.15) is 11.1 Å². The van der Waals surface area contributed by atoms with E-state index in [2.05, 4.69) is 0 Å². The molecule has 0 bridgehead atoms. The van der Waals surface area contributed by atoms with Crippen LogP contribution in [-0.4, -0.2) is 4.92 Å². The lowest BCUT2D eigenvalue weighted by molar-refractivity contribution is -0.385. The van der Waals surface area contributed by atoms with Crippen LogP contribution in [0.4, 0.5) is 5.69 Å². The Hall–Kier alpha value is -2.32. The van der Waals surface area contributed by atoms with Crippen molar-refractivity contribution in [2.75, 3.05) is 0 Å². The number of benzene rings is 2. The topological polar surface area (TPSA) is 66.9 Å². The van der Waals surface area contributed by atoms with Crippen molar-refractivity contribution in [3.63, 3.8) is 0 Å². The van der Waals surface area contributed by atoms with Crippen molar-refractivity contribution in [3.8, 4) is 6.07 Å². The lowest BCUT2D eigenvalue weighted by Crippen LogP contribution is -1.92. The van der Waals surface area contributed by atoms with Crippen LogP contribution in [0.5, 0.6) is 0 Å². The molecule has 0 fully saturated rings. The van der Waals surface area contributed by atoms with Crippen LogP contribution in [0.3, 0.4) is 0 Å². The first-order chi connectivity index (χ1) is 9.10. The molecular formula is C14H10N2O2S. The Balaban J connectivity index is 2.34. The van der Waals surface area contributed by atoms with Crippen LogP contribution in [-0.2, 0) is 0 Å². The molecule has 5 heteroatoms. The molecule has 0 aromatic heterocycles. The van der Waals surface area contributed by atoms with Gasteiger partial charge in [0, 0.05) is 15.9 Å². The average molecular weight is 270 g/mol. The van der Waals surface area contributed by atoms with E-state index in [1.807, 2.05) is 37.3 Å². The van der Waals surface area contributed by atoms with Gasteiger partial charge in [0.2, 0.25) is 0 Å². The van der Waals surface area contributed by atoms with E-state index in [4.69, 9.17) is 5.26 Å². The van der Waals surface area contributed by atoms with Gasteiger partial charge in [0.05, 0.1) is 4.92 Å². The van der Waals surface area contributed by atoms with Gasteiger partial charge in [-0.2, -0.15) is 5.26 Å². The quantitative estimate of drug-likeness (QED) is 0.626. The molecule has 0 saturated heterocycles. The smallest absolute Gasteiger partial charge is 0.258 e. The summed E-state index contributed by atoms with van der Waals surface area (Å²) in [5.41, 5.74) is 1.06. The summed E-state index contributed by atoms with van der Waals surface area (Å²) in [6.45, 7) is 1.99. The number of hydrogen-bond donors (Lipinski definition) is 0. The molecule has 0 radical (unpaired) electrons. The Morgan fingerprint density at radius 3 is 2.58 bits per heavy atom. The highest BCUT2D eigenvalue weighted by molar-refractivity contribution is 7.99. The minimum absolute atomic E-state index is 0.0820. The first-order valence-corrected chi connectivity index (χ1v) is 6.35. The molecule has 94 valence electrons. The Kier molecular flexibility index (Phi) is 3.83. The second kappa shape index (κ2) is 5.55. The fraction of sp³-hybridized carbons (Fsp3) is 0.0714. The molecule has 0 amide bonds. The Labute approximate surface area is 114 Å². The Morgan fingerprint density at radius 1 is 1.21 bits per heavy atom. The molecule has 0 unspecified atom stereocenters. The van der Waals surface area contributed by atoms with Crippen LogP contribution in [0.25, 0.3) is 0 Å². The standard InChI is InChI=1S/C14H10N2O2S/c1-10-3-2-4-12(7-10)19-13-6-5-11(9-15)14(8-13)16(17)18/h2-8H,1H3. The minimum Gasteiger partial charge on any atom is -0.258 e. The molecule has 0 spiro atoms. The number of aryl methyl sites for hydroxylation is 1. The van der Waals surface area contributed by atoms with E-state index < -0.39 is 4.92 Å². The molecule has 4 nitrogen and oxygen atoms in total. The Morgan fingerprint density at radius 2 is 1.95 bits per heavy atom. The third-order valence-corrected chi connectivity index (χ3v) is 3.49. The van der Waals surface area contributed by atoms with Crippen molar-refractivity contribution >= 4 is 17.4 Å². The van der Waals surface area contributed by atoms with Gasteiger partial charge in [-0.15, -0.1) is 0 Å². The molecule has 19 heavy (non-hydrogen) atoms. The normalized spacial score (nSPS) is 9.89. The Bertz CT molecular complexity index is 677. The van der Waals surface area contributed by atoms with Crippen LogP contribution in [0.15, 0.2) is 52.3 Å². The summed E-state index contributed by atoms with van der Waals surface area (Å²) >= 11 is 1.44. The molecule has 0 aliphatic heterocycles. The highest BCUT2D eigenvalue weighted by Gasteiger charge is 2.14. The average Bonchev–Trinajstić information content (AvgIpc) is 2.38. The van der Waals surface area contributed by atoms with Gasteiger partial charge >= 0.3 is 0 Å². The van der Waals surface area contributed by atoms with Gasteiger partial charge in [0.25, 0.3) is 5.69 Å². The predicted octanol–water partition coefficient (Wildman–Crippen LogP) is 3.93. The molecule has 0 N–H and O–H groups in total. The highest BCUT2D eigenvalue weighted by atomic mass is 32.2. The van der Waals surface area contributed by atoms with E-state index in [1.165, 1.54) is 23.9 Å². The zero-order valence-corrected chi connectivity index (χ0v) is 11.0. The van der Waals surface area contributed by atoms with E-state index in [0.717, 1.165) is 15.4 Å². The van der Waals surface area contributed by atoms with Crippen molar-refractivity contribution in [2.45, 2.75) is 16.7 Å². The van der Waals surface area contributed by atoms with Crippen molar-refractivity contribution in [2.24, 2.45) is 0 Å². The molecule has 0 saturated carbocycles. The van der Waals surface area contributed by atoms with Crippen LogP contribution in [0, 0.1) is 28.4 Å². The van der Waals surface area contributed by atoms with Crippen LogP contribution < -0.4 is 0 Å². The van der Waals surface area contributed by atoms with Gasteiger partial charge in [-0.25, -0.2) is 0 Å². The minimum atomic E-state index is -0.529. The second-order valence-electron chi connectivity index (χ2n) is 3.97. The van der Waals surface area contributed by atoms with Crippen LogP contribution in [0.2, 0.25) is 0 Å². The van der Waals surface area contributed by atoms with Gasteiger partial charge in [-0.3, -0.25) is 10.1 Å². The maximum atomic E-state index is 10.9. The van der Waals surface area contributed by atoms with Crippen molar-refractivity contribution < 1.29 is 4.92 Å². The number of nitro benzene ring substituents is 1. The summed E-state index contributed by atoms with van der Waals surface area (Å²) in [6.07, 6.45) is 0. The van der Waals surface area contributed by atoms with Crippen molar-refractivity contribution in [3.05, 3.63) is 63.7 Å². The number of rotatable bonds is 3. The van der Waals surface area contributed by atoms with Crippen LogP contribution >= 0.6 is 11.8 Å². The summed E-state index contributed by atoms with van der Waals surface area (Å²) in [5, 5.41) is 19.7. The SMILES string of the molecule is Cc1cccc(Sc2ccc(C#N)c([N+](=O)[O-])c2)c1. The second-order valence-corrected chi connectivity index (χ2v) is 5.11. The molecule has 2 aromatic rings. The van der Waals surface area contributed by atoms with E-state index in [9.17, 15) is 10.1 Å². The van der Waals surface area contributed by atoms with Gasteiger partial charge in [-0.1, -0.05) is 29.5 Å². The van der Waals surface area contributed by atoms with Crippen molar-refractivity contribution in [1.29, 1.82) is 5.26 Å².